The van der Waals surface area contributed by atoms with E-state index in [0.29, 0.717) is 12.4 Å². The molecule has 12 heavy (non-hydrogen) atoms. The van der Waals surface area contributed by atoms with Crippen LogP contribution in [0.15, 0.2) is 36.7 Å². The van der Waals surface area contributed by atoms with Gasteiger partial charge in [0.05, 0.1) is 12.4 Å². The Balaban J connectivity index is 3.97. The van der Waals surface area contributed by atoms with Gasteiger partial charge in [0.2, 0.25) is 0 Å². The fourth-order valence-electron chi connectivity index (χ4n) is 0.639. The van der Waals surface area contributed by atoms with Crippen LogP contribution >= 0.6 is 0 Å². The number of aliphatic hydroxyl groups is 1. The number of aliphatic hydroxyl groups excluding tert-OH is 1. The largest absolute Gasteiger partial charge is 0.395 e. The molecule has 0 aliphatic rings. The SMILES string of the molecule is C=C/C=C\C=C(/N)N(C)CCO. The van der Waals surface area contributed by atoms with Crippen LogP contribution in [0, 0.1) is 0 Å². The highest BCUT2D eigenvalue weighted by Gasteiger charge is 1.95. The molecule has 0 heterocycles. The number of likely N-dealkylation sites (N-methyl/N-ethyl adjacent to an activating group) is 1. The molecule has 0 aromatic heterocycles. The fourth-order valence-corrected chi connectivity index (χ4v) is 0.639. The van der Waals surface area contributed by atoms with E-state index in [1.165, 1.54) is 0 Å². The molecule has 0 aromatic carbocycles. The summed E-state index contributed by atoms with van der Waals surface area (Å²) in [6, 6.07) is 0. The van der Waals surface area contributed by atoms with Crippen molar-refractivity contribution in [2.45, 2.75) is 0 Å². The second-order valence-corrected chi connectivity index (χ2v) is 2.36. The number of allylic oxidation sites excluding steroid dienone is 4. The standard InChI is InChI=1S/C9H16N2O/c1-3-4-5-6-9(10)11(2)7-8-12/h3-6,12H,1,7-8,10H2,2H3/b5-4-,9-6+. The van der Waals surface area contributed by atoms with Crippen LogP contribution in [0.4, 0.5) is 0 Å². The predicted molar refractivity (Wildman–Crippen MR) is 51.3 cm³/mol. The van der Waals surface area contributed by atoms with E-state index < -0.39 is 0 Å². The number of nitrogens with two attached hydrogens (primary N) is 1. The van der Waals surface area contributed by atoms with Gasteiger partial charge < -0.3 is 15.7 Å². The minimum atomic E-state index is 0.107. The molecule has 0 rings (SSSR count). The van der Waals surface area contributed by atoms with Crippen molar-refractivity contribution < 1.29 is 5.11 Å². The Morgan fingerprint density at radius 1 is 1.58 bits per heavy atom. The minimum Gasteiger partial charge on any atom is -0.395 e. The predicted octanol–water partition coefficient (Wildman–Crippen LogP) is 0.453. The third-order valence-electron chi connectivity index (χ3n) is 1.39. The van der Waals surface area contributed by atoms with Gasteiger partial charge in [-0.2, -0.15) is 0 Å². The fraction of sp³-hybridized carbons (Fsp3) is 0.333. The van der Waals surface area contributed by atoms with Crippen LogP contribution < -0.4 is 5.73 Å². The Bertz CT molecular complexity index is 185. The molecule has 68 valence electrons. The minimum absolute atomic E-state index is 0.107. The van der Waals surface area contributed by atoms with Crippen molar-refractivity contribution in [2.75, 3.05) is 20.2 Å². The molecule has 0 spiro atoms. The zero-order valence-corrected chi connectivity index (χ0v) is 7.40. The van der Waals surface area contributed by atoms with E-state index in [1.807, 2.05) is 7.05 Å². The Morgan fingerprint density at radius 3 is 2.75 bits per heavy atom. The number of rotatable bonds is 5. The second kappa shape index (κ2) is 6.49. The van der Waals surface area contributed by atoms with Crippen molar-refractivity contribution >= 4 is 0 Å². The lowest BCUT2D eigenvalue weighted by atomic mass is 10.4. The van der Waals surface area contributed by atoms with Gasteiger partial charge in [0.1, 0.15) is 0 Å². The first-order chi connectivity index (χ1) is 5.72. The lowest BCUT2D eigenvalue weighted by Gasteiger charge is -2.16. The zero-order chi connectivity index (χ0) is 9.40. The third-order valence-corrected chi connectivity index (χ3v) is 1.39. The average molecular weight is 168 g/mol. The van der Waals surface area contributed by atoms with Crippen molar-refractivity contribution in [3.63, 3.8) is 0 Å². The Labute approximate surface area is 73.5 Å². The molecule has 0 aliphatic carbocycles. The summed E-state index contributed by atoms with van der Waals surface area (Å²) in [5.74, 6) is 0.627. The quantitative estimate of drug-likeness (QED) is 0.586. The molecule has 0 saturated carbocycles. The Kier molecular flexibility index (Phi) is 5.83. The van der Waals surface area contributed by atoms with Gasteiger partial charge in [0, 0.05) is 13.6 Å². The van der Waals surface area contributed by atoms with E-state index >= 15 is 0 Å². The summed E-state index contributed by atoms with van der Waals surface area (Å²) >= 11 is 0. The molecule has 3 N–H and O–H groups in total. The summed E-state index contributed by atoms with van der Waals surface area (Å²) in [5.41, 5.74) is 5.63. The van der Waals surface area contributed by atoms with Gasteiger partial charge in [0.15, 0.2) is 0 Å². The molecule has 0 unspecified atom stereocenters. The van der Waals surface area contributed by atoms with E-state index in [-0.39, 0.29) is 6.61 Å². The van der Waals surface area contributed by atoms with Crippen LogP contribution in [0.25, 0.3) is 0 Å². The average Bonchev–Trinajstić information content (AvgIpc) is 2.05. The zero-order valence-electron chi connectivity index (χ0n) is 7.40. The van der Waals surface area contributed by atoms with Gasteiger partial charge in [-0.05, 0) is 6.08 Å². The van der Waals surface area contributed by atoms with Gasteiger partial charge in [0.25, 0.3) is 0 Å². The van der Waals surface area contributed by atoms with Crippen LogP contribution in [-0.4, -0.2) is 30.2 Å². The van der Waals surface area contributed by atoms with Gasteiger partial charge in [-0.25, -0.2) is 0 Å². The van der Waals surface area contributed by atoms with Crippen molar-refractivity contribution in [3.8, 4) is 0 Å². The number of hydrogen-bond acceptors (Lipinski definition) is 3. The lowest BCUT2D eigenvalue weighted by molar-refractivity contribution is 0.245. The van der Waals surface area contributed by atoms with Gasteiger partial charge in [-0.3, -0.25) is 0 Å². The summed E-state index contributed by atoms with van der Waals surface area (Å²) in [5, 5.41) is 8.60. The monoisotopic (exact) mass is 168 g/mol. The van der Waals surface area contributed by atoms with E-state index in [9.17, 15) is 0 Å². The molecule has 0 aromatic rings. The Hall–Kier alpha value is -1.22. The van der Waals surface area contributed by atoms with Gasteiger partial charge in [-0.15, -0.1) is 0 Å². The number of hydrogen-bond donors (Lipinski definition) is 2. The highest BCUT2D eigenvalue weighted by Crippen LogP contribution is 1.92. The summed E-state index contributed by atoms with van der Waals surface area (Å²) in [4.78, 5) is 1.77. The summed E-state index contributed by atoms with van der Waals surface area (Å²) < 4.78 is 0. The summed E-state index contributed by atoms with van der Waals surface area (Å²) in [7, 11) is 1.82. The molecule has 0 aliphatic heterocycles. The summed E-state index contributed by atoms with van der Waals surface area (Å²) in [6.45, 7) is 4.18. The molecule has 0 atom stereocenters. The van der Waals surface area contributed by atoms with E-state index in [2.05, 4.69) is 6.58 Å². The van der Waals surface area contributed by atoms with E-state index in [4.69, 9.17) is 10.8 Å². The highest BCUT2D eigenvalue weighted by molar-refractivity contribution is 5.12. The van der Waals surface area contributed by atoms with Crippen LogP contribution in [-0.2, 0) is 0 Å². The van der Waals surface area contributed by atoms with Crippen molar-refractivity contribution in [2.24, 2.45) is 5.73 Å². The third kappa shape index (κ3) is 4.57. The molecule has 0 bridgehead atoms. The maximum atomic E-state index is 8.60. The molecular formula is C9H16N2O. The van der Waals surface area contributed by atoms with Crippen LogP contribution in [0.3, 0.4) is 0 Å². The first-order valence-electron chi connectivity index (χ1n) is 3.79. The second-order valence-electron chi connectivity index (χ2n) is 2.36. The molecule has 0 radical (unpaired) electrons. The Morgan fingerprint density at radius 2 is 2.25 bits per heavy atom. The van der Waals surface area contributed by atoms with Crippen molar-refractivity contribution in [3.05, 3.63) is 36.7 Å². The highest BCUT2D eigenvalue weighted by atomic mass is 16.3. The van der Waals surface area contributed by atoms with Gasteiger partial charge in [-0.1, -0.05) is 24.8 Å². The normalized spacial score (nSPS) is 12.0. The van der Waals surface area contributed by atoms with E-state index in [0.717, 1.165) is 0 Å². The van der Waals surface area contributed by atoms with Crippen LogP contribution in [0.1, 0.15) is 0 Å². The van der Waals surface area contributed by atoms with Crippen molar-refractivity contribution in [1.82, 2.24) is 4.90 Å². The maximum absolute atomic E-state index is 8.60. The van der Waals surface area contributed by atoms with Crippen LogP contribution in [0.5, 0.6) is 0 Å². The molecule has 3 nitrogen and oxygen atoms in total. The first-order valence-corrected chi connectivity index (χ1v) is 3.79. The molecular weight excluding hydrogens is 152 g/mol. The number of nitrogens with zero attached hydrogens (tertiary/aromatic N) is 1. The van der Waals surface area contributed by atoms with Crippen LogP contribution in [0.2, 0.25) is 0 Å². The molecule has 0 fully saturated rings. The molecule has 0 amide bonds. The molecule has 3 heteroatoms. The smallest absolute Gasteiger partial charge is 0.0984 e. The lowest BCUT2D eigenvalue weighted by Crippen LogP contribution is -2.26. The molecule has 0 saturated heterocycles. The first kappa shape index (κ1) is 10.8. The summed E-state index contributed by atoms with van der Waals surface area (Å²) in [6.07, 6.45) is 7.03. The van der Waals surface area contributed by atoms with Crippen molar-refractivity contribution in [1.29, 1.82) is 0 Å². The maximum Gasteiger partial charge on any atom is 0.0984 e. The van der Waals surface area contributed by atoms with E-state index in [1.54, 1.807) is 29.2 Å². The topological polar surface area (TPSA) is 49.5 Å². The van der Waals surface area contributed by atoms with Gasteiger partial charge >= 0.3 is 0 Å².